The van der Waals surface area contributed by atoms with E-state index in [1.165, 1.54) is 0 Å². The number of hydrogen-bond acceptors (Lipinski definition) is 5. The first kappa shape index (κ1) is 13.8. The summed E-state index contributed by atoms with van der Waals surface area (Å²) in [6, 6.07) is 5.74. The van der Waals surface area contributed by atoms with Gasteiger partial charge in [-0.2, -0.15) is 0 Å². The number of methoxy groups -OCH3 is 2. The van der Waals surface area contributed by atoms with Crippen LogP contribution >= 0.6 is 11.3 Å². The molecular formula is C14H18N2O2S. The first-order valence-electron chi connectivity index (χ1n) is 6.01. The maximum absolute atomic E-state index is 5.45. The number of ether oxygens (including phenoxy) is 2. The van der Waals surface area contributed by atoms with Crippen molar-refractivity contribution in [1.82, 2.24) is 10.3 Å². The van der Waals surface area contributed by atoms with Crippen molar-refractivity contribution in [2.75, 3.05) is 21.3 Å². The standard InChI is InChI=1S/C14H18N2O2S/c1-9-16-10(8-19-9)14(15-2)13-11(17-3)6-5-7-12(13)18-4/h5-8,14-15H,1-4H3. The Bertz CT molecular complexity index is 532. The van der Waals surface area contributed by atoms with E-state index in [-0.39, 0.29) is 6.04 Å². The summed E-state index contributed by atoms with van der Waals surface area (Å²) in [7, 11) is 5.24. The van der Waals surface area contributed by atoms with Crippen LogP contribution in [-0.2, 0) is 0 Å². The highest BCUT2D eigenvalue weighted by molar-refractivity contribution is 7.09. The van der Waals surface area contributed by atoms with E-state index in [9.17, 15) is 0 Å². The summed E-state index contributed by atoms with van der Waals surface area (Å²) >= 11 is 1.64. The number of aryl methyl sites for hydroxylation is 1. The molecule has 0 bridgehead atoms. The molecule has 0 radical (unpaired) electrons. The molecular weight excluding hydrogens is 260 g/mol. The van der Waals surface area contributed by atoms with Gasteiger partial charge in [-0.1, -0.05) is 6.07 Å². The average molecular weight is 278 g/mol. The lowest BCUT2D eigenvalue weighted by Crippen LogP contribution is -2.19. The largest absolute Gasteiger partial charge is 0.496 e. The molecule has 0 saturated carbocycles. The molecule has 0 fully saturated rings. The predicted octanol–water partition coefficient (Wildman–Crippen LogP) is 2.78. The van der Waals surface area contributed by atoms with Crippen LogP contribution in [0.1, 0.15) is 22.3 Å². The number of rotatable bonds is 5. The van der Waals surface area contributed by atoms with Gasteiger partial charge >= 0.3 is 0 Å². The Hall–Kier alpha value is -1.59. The van der Waals surface area contributed by atoms with Crippen LogP contribution in [-0.4, -0.2) is 26.3 Å². The minimum Gasteiger partial charge on any atom is -0.496 e. The van der Waals surface area contributed by atoms with Crippen molar-refractivity contribution < 1.29 is 9.47 Å². The molecule has 2 rings (SSSR count). The molecule has 1 aromatic carbocycles. The van der Waals surface area contributed by atoms with Gasteiger partial charge < -0.3 is 14.8 Å². The zero-order chi connectivity index (χ0) is 13.8. The highest BCUT2D eigenvalue weighted by atomic mass is 32.1. The fraction of sp³-hybridized carbons (Fsp3) is 0.357. The quantitative estimate of drug-likeness (QED) is 0.913. The molecule has 1 N–H and O–H groups in total. The first-order valence-corrected chi connectivity index (χ1v) is 6.89. The van der Waals surface area contributed by atoms with Crippen LogP contribution in [0.3, 0.4) is 0 Å². The van der Waals surface area contributed by atoms with E-state index < -0.39 is 0 Å². The monoisotopic (exact) mass is 278 g/mol. The molecule has 0 aliphatic carbocycles. The fourth-order valence-electron chi connectivity index (χ4n) is 2.12. The van der Waals surface area contributed by atoms with Gasteiger partial charge in [0.1, 0.15) is 11.5 Å². The van der Waals surface area contributed by atoms with Gasteiger partial charge in [-0.25, -0.2) is 4.98 Å². The highest BCUT2D eigenvalue weighted by Gasteiger charge is 2.23. The summed E-state index contributed by atoms with van der Waals surface area (Å²) in [4.78, 5) is 4.55. The summed E-state index contributed by atoms with van der Waals surface area (Å²) in [5.41, 5.74) is 1.95. The summed E-state index contributed by atoms with van der Waals surface area (Å²) < 4.78 is 10.9. The van der Waals surface area contributed by atoms with Gasteiger partial charge in [0.2, 0.25) is 0 Å². The van der Waals surface area contributed by atoms with Crippen molar-refractivity contribution in [3.8, 4) is 11.5 Å². The lowest BCUT2D eigenvalue weighted by Gasteiger charge is -2.20. The number of thiazole rings is 1. The van der Waals surface area contributed by atoms with Gasteiger partial charge in [-0.3, -0.25) is 0 Å². The van der Waals surface area contributed by atoms with Crippen LogP contribution in [0.4, 0.5) is 0 Å². The SMILES string of the molecule is CNC(c1csc(C)n1)c1c(OC)cccc1OC. The van der Waals surface area contributed by atoms with Gasteiger partial charge in [0, 0.05) is 5.38 Å². The second-order valence-electron chi connectivity index (χ2n) is 4.09. The van der Waals surface area contributed by atoms with Crippen molar-refractivity contribution in [2.45, 2.75) is 13.0 Å². The molecule has 0 aliphatic heterocycles. The minimum atomic E-state index is -0.0453. The first-order chi connectivity index (χ1) is 9.21. The molecule has 1 unspecified atom stereocenters. The zero-order valence-electron chi connectivity index (χ0n) is 11.6. The van der Waals surface area contributed by atoms with Crippen molar-refractivity contribution in [3.05, 3.63) is 39.8 Å². The third-order valence-corrected chi connectivity index (χ3v) is 3.77. The van der Waals surface area contributed by atoms with Gasteiger partial charge in [0.25, 0.3) is 0 Å². The van der Waals surface area contributed by atoms with E-state index in [2.05, 4.69) is 15.7 Å². The summed E-state index contributed by atoms with van der Waals surface area (Å²) in [5.74, 6) is 1.59. The fourth-order valence-corrected chi connectivity index (χ4v) is 2.76. The van der Waals surface area contributed by atoms with Crippen molar-refractivity contribution in [3.63, 3.8) is 0 Å². The second kappa shape index (κ2) is 6.04. The molecule has 0 spiro atoms. The molecule has 1 atom stereocenters. The lowest BCUT2D eigenvalue weighted by molar-refractivity contribution is 0.378. The summed E-state index contributed by atoms with van der Waals surface area (Å²) in [5, 5.41) is 6.38. The number of benzene rings is 1. The molecule has 2 aromatic rings. The van der Waals surface area contributed by atoms with Crippen LogP contribution in [0.5, 0.6) is 11.5 Å². The third kappa shape index (κ3) is 2.72. The third-order valence-electron chi connectivity index (χ3n) is 2.98. The summed E-state index contributed by atoms with van der Waals surface area (Å²) in [6.45, 7) is 2.00. The van der Waals surface area contributed by atoms with E-state index in [0.717, 1.165) is 27.8 Å². The molecule has 4 nitrogen and oxygen atoms in total. The molecule has 19 heavy (non-hydrogen) atoms. The molecule has 102 valence electrons. The molecule has 5 heteroatoms. The maximum Gasteiger partial charge on any atom is 0.127 e. The van der Waals surface area contributed by atoms with Gasteiger partial charge in [-0.05, 0) is 26.1 Å². The van der Waals surface area contributed by atoms with Gasteiger partial charge in [-0.15, -0.1) is 11.3 Å². The number of hydrogen-bond donors (Lipinski definition) is 1. The predicted molar refractivity (Wildman–Crippen MR) is 77.3 cm³/mol. The Morgan fingerprint density at radius 2 is 1.84 bits per heavy atom. The normalized spacial score (nSPS) is 12.2. The maximum atomic E-state index is 5.45. The van der Waals surface area contributed by atoms with Crippen molar-refractivity contribution in [2.24, 2.45) is 0 Å². The van der Waals surface area contributed by atoms with Gasteiger partial charge in [0.05, 0.1) is 36.5 Å². The van der Waals surface area contributed by atoms with E-state index >= 15 is 0 Å². The number of aromatic nitrogens is 1. The Kier molecular flexibility index (Phi) is 4.39. The van der Waals surface area contributed by atoms with Crippen LogP contribution < -0.4 is 14.8 Å². The Morgan fingerprint density at radius 1 is 1.21 bits per heavy atom. The van der Waals surface area contributed by atoms with E-state index in [0.29, 0.717) is 0 Å². The molecule has 0 aliphatic rings. The van der Waals surface area contributed by atoms with E-state index in [4.69, 9.17) is 9.47 Å². The molecule has 1 heterocycles. The van der Waals surface area contributed by atoms with E-state index in [1.54, 1.807) is 25.6 Å². The summed E-state index contributed by atoms with van der Waals surface area (Å²) in [6.07, 6.45) is 0. The molecule has 1 aromatic heterocycles. The molecule has 0 saturated heterocycles. The Labute approximate surface area is 117 Å². The van der Waals surface area contributed by atoms with Crippen LogP contribution in [0, 0.1) is 6.92 Å². The second-order valence-corrected chi connectivity index (χ2v) is 5.15. The topological polar surface area (TPSA) is 43.4 Å². The van der Waals surface area contributed by atoms with Gasteiger partial charge in [0.15, 0.2) is 0 Å². The van der Waals surface area contributed by atoms with Crippen LogP contribution in [0.15, 0.2) is 23.6 Å². The van der Waals surface area contributed by atoms with Crippen LogP contribution in [0.2, 0.25) is 0 Å². The highest BCUT2D eigenvalue weighted by Crippen LogP contribution is 2.37. The Balaban J connectivity index is 2.53. The van der Waals surface area contributed by atoms with Crippen molar-refractivity contribution >= 4 is 11.3 Å². The smallest absolute Gasteiger partial charge is 0.127 e. The number of nitrogens with one attached hydrogen (secondary N) is 1. The molecule has 0 amide bonds. The lowest BCUT2D eigenvalue weighted by atomic mass is 10.0. The number of nitrogens with zero attached hydrogens (tertiary/aromatic N) is 1. The minimum absolute atomic E-state index is 0.0453. The Morgan fingerprint density at radius 3 is 2.26 bits per heavy atom. The van der Waals surface area contributed by atoms with E-state index in [1.807, 2.05) is 32.2 Å². The van der Waals surface area contributed by atoms with Crippen LogP contribution in [0.25, 0.3) is 0 Å². The zero-order valence-corrected chi connectivity index (χ0v) is 12.4. The average Bonchev–Trinajstić information content (AvgIpc) is 2.86. The van der Waals surface area contributed by atoms with Crippen molar-refractivity contribution in [1.29, 1.82) is 0 Å².